The minimum Gasteiger partial charge on any atom is -0.481 e. The molecule has 0 saturated carbocycles. The fourth-order valence-electron chi connectivity index (χ4n) is 1.05. The van der Waals surface area contributed by atoms with Crippen LogP contribution in [0.5, 0.6) is 5.75 Å². The van der Waals surface area contributed by atoms with Gasteiger partial charge in [-0.15, -0.1) is 0 Å². The van der Waals surface area contributed by atoms with Gasteiger partial charge < -0.3 is 15.2 Å². The number of amides is 1. The lowest BCUT2D eigenvalue weighted by molar-refractivity contribution is -0.123. The number of hydrogen-bond acceptors (Lipinski definition) is 3. The molecule has 1 aromatic rings. The van der Waals surface area contributed by atoms with Crippen LogP contribution in [-0.2, 0) is 4.79 Å². The SMILES string of the molecule is O=C(COc1c(Cl)cc(Cl)cc1Cl)NCCO. The predicted molar refractivity (Wildman–Crippen MR) is 67.1 cm³/mol. The number of aliphatic hydroxyl groups is 1. The zero-order chi connectivity index (χ0) is 12.8. The summed E-state index contributed by atoms with van der Waals surface area (Å²) in [5, 5.41) is 11.8. The smallest absolute Gasteiger partial charge is 0.258 e. The molecule has 1 amide bonds. The molecule has 0 heterocycles. The largest absolute Gasteiger partial charge is 0.481 e. The Labute approximate surface area is 113 Å². The van der Waals surface area contributed by atoms with Crippen molar-refractivity contribution >= 4 is 40.7 Å². The summed E-state index contributed by atoms with van der Waals surface area (Å²) >= 11 is 17.4. The maximum atomic E-state index is 11.2. The van der Waals surface area contributed by atoms with E-state index in [1.54, 1.807) is 0 Å². The van der Waals surface area contributed by atoms with E-state index >= 15 is 0 Å². The van der Waals surface area contributed by atoms with Gasteiger partial charge in [-0.1, -0.05) is 34.8 Å². The first-order valence-electron chi connectivity index (χ1n) is 4.69. The van der Waals surface area contributed by atoms with Crippen molar-refractivity contribution in [1.29, 1.82) is 0 Å². The van der Waals surface area contributed by atoms with Crippen LogP contribution in [-0.4, -0.2) is 30.8 Å². The number of halogens is 3. The average molecular weight is 299 g/mol. The Morgan fingerprint density at radius 3 is 2.41 bits per heavy atom. The lowest BCUT2D eigenvalue weighted by atomic mass is 10.3. The first-order chi connectivity index (χ1) is 8.04. The highest BCUT2D eigenvalue weighted by Crippen LogP contribution is 2.35. The molecule has 0 spiro atoms. The zero-order valence-corrected chi connectivity index (χ0v) is 10.9. The summed E-state index contributed by atoms with van der Waals surface area (Å²) in [4.78, 5) is 11.2. The number of benzene rings is 1. The summed E-state index contributed by atoms with van der Waals surface area (Å²) in [7, 11) is 0. The van der Waals surface area contributed by atoms with E-state index in [2.05, 4.69) is 5.32 Å². The van der Waals surface area contributed by atoms with E-state index < -0.39 is 0 Å². The fourth-order valence-corrected chi connectivity index (χ4v) is 1.98. The molecular weight excluding hydrogens is 288 g/mol. The molecule has 2 N–H and O–H groups in total. The van der Waals surface area contributed by atoms with E-state index in [-0.39, 0.29) is 41.5 Å². The van der Waals surface area contributed by atoms with Crippen LogP contribution < -0.4 is 10.1 Å². The quantitative estimate of drug-likeness (QED) is 0.875. The zero-order valence-electron chi connectivity index (χ0n) is 8.67. The lowest BCUT2D eigenvalue weighted by Crippen LogP contribution is -2.31. The summed E-state index contributed by atoms with van der Waals surface area (Å²) in [6.07, 6.45) is 0. The van der Waals surface area contributed by atoms with E-state index in [0.717, 1.165) is 0 Å². The van der Waals surface area contributed by atoms with Crippen LogP contribution in [0.3, 0.4) is 0 Å². The van der Waals surface area contributed by atoms with Crippen molar-refractivity contribution in [2.45, 2.75) is 0 Å². The van der Waals surface area contributed by atoms with Crippen molar-refractivity contribution in [3.8, 4) is 5.75 Å². The predicted octanol–water partition coefficient (Wildman–Crippen LogP) is 2.13. The summed E-state index contributed by atoms with van der Waals surface area (Å²) in [6.45, 7) is -0.195. The molecule has 0 atom stereocenters. The van der Waals surface area contributed by atoms with Crippen molar-refractivity contribution in [3.05, 3.63) is 27.2 Å². The molecule has 0 aliphatic rings. The maximum Gasteiger partial charge on any atom is 0.258 e. The van der Waals surface area contributed by atoms with Crippen molar-refractivity contribution < 1.29 is 14.6 Å². The Hall–Kier alpha value is -0.680. The van der Waals surface area contributed by atoms with E-state index in [9.17, 15) is 4.79 Å². The van der Waals surface area contributed by atoms with Gasteiger partial charge in [-0.2, -0.15) is 0 Å². The van der Waals surface area contributed by atoms with Gasteiger partial charge in [-0.05, 0) is 12.1 Å². The molecule has 0 aromatic heterocycles. The monoisotopic (exact) mass is 297 g/mol. The fraction of sp³-hybridized carbons (Fsp3) is 0.300. The van der Waals surface area contributed by atoms with Gasteiger partial charge in [0.05, 0.1) is 16.7 Å². The Morgan fingerprint density at radius 1 is 1.29 bits per heavy atom. The summed E-state index contributed by atoms with van der Waals surface area (Å²) in [6, 6.07) is 2.94. The van der Waals surface area contributed by atoms with Crippen molar-refractivity contribution in [2.24, 2.45) is 0 Å². The number of carbonyl (C=O) groups excluding carboxylic acids is 1. The maximum absolute atomic E-state index is 11.2. The molecule has 0 bridgehead atoms. The number of carbonyl (C=O) groups is 1. The Bertz CT molecular complexity index is 389. The topological polar surface area (TPSA) is 58.6 Å². The highest BCUT2D eigenvalue weighted by molar-refractivity contribution is 6.40. The van der Waals surface area contributed by atoms with Gasteiger partial charge in [0.2, 0.25) is 0 Å². The van der Waals surface area contributed by atoms with Crippen LogP contribution >= 0.6 is 34.8 Å². The van der Waals surface area contributed by atoms with Gasteiger partial charge >= 0.3 is 0 Å². The normalized spacial score (nSPS) is 10.1. The Kier molecular flexibility index (Phi) is 5.85. The van der Waals surface area contributed by atoms with Crippen LogP contribution in [0.4, 0.5) is 0 Å². The summed E-state index contributed by atoms with van der Waals surface area (Å²) < 4.78 is 5.17. The van der Waals surface area contributed by atoms with Crippen LogP contribution in [0.2, 0.25) is 15.1 Å². The molecule has 4 nitrogen and oxygen atoms in total. The summed E-state index contributed by atoms with van der Waals surface area (Å²) in [5.74, 6) is -0.169. The second kappa shape index (κ2) is 6.91. The van der Waals surface area contributed by atoms with E-state index in [4.69, 9.17) is 44.6 Å². The molecule has 0 unspecified atom stereocenters. The minimum atomic E-state index is -0.374. The first-order valence-corrected chi connectivity index (χ1v) is 5.83. The number of nitrogens with one attached hydrogen (secondary N) is 1. The minimum absolute atomic E-state index is 0.131. The third-order valence-corrected chi connectivity index (χ3v) is 2.52. The van der Waals surface area contributed by atoms with Crippen LogP contribution in [0.25, 0.3) is 0 Å². The van der Waals surface area contributed by atoms with Crippen molar-refractivity contribution in [1.82, 2.24) is 5.32 Å². The standard InChI is InChI=1S/C10H10Cl3NO3/c11-6-3-7(12)10(8(13)4-6)17-5-9(16)14-1-2-15/h3-4,15H,1-2,5H2,(H,14,16). The highest BCUT2D eigenvalue weighted by atomic mass is 35.5. The van der Waals surface area contributed by atoms with Gasteiger partial charge in [0, 0.05) is 11.6 Å². The number of ether oxygens (including phenoxy) is 1. The van der Waals surface area contributed by atoms with Gasteiger partial charge in [0.15, 0.2) is 12.4 Å². The molecule has 0 fully saturated rings. The van der Waals surface area contributed by atoms with E-state index in [1.165, 1.54) is 12.1 Å². The summed E-state index contributed by atoms with van der Waals surface area (Å²) in [5.41, 5.74) is 0. The Morgan fingerprint density at radius 2 is 1.88 bits per heavy atom. The first kappa shape index (κ1) is 14.4. The molecule has 0 aliphatic heterocycles. The van der Waals surface area contributed by atoms with Crippen LogP contribution in [0.15, 0.2) is 12.1 Å². The van der Waals surface area contributed by atoms with E-state index in [1.807, 2.05) is 0 Å². The number of hydrogen-bond donors (Lipinski definition) is 2. The second-order valence-electron chi connectivity index (χ2n) is 3.06. The average Bonchev–Trinajstić information content (AvgIpc) is 2.24. The molecule has 94 valence electrons. The molecule has 0 aliphatic carbocycles. The molecular formula is C10H10Cl3NO3. The number of rotatable bonds is 5. The molecule has 1 aromatic carbocycles. The molecule has 0 saturated heterocycles. The van der Waals surface area contributed by atoms with Gasteiger partial charge in [-0.25, -0.2) is 0 Å². The van der Waals surface area contributed by atoms with E-state index in [0.29, 0.717) is 5.02 Å². The second-order valence-corrected chi connectivity index (χ2v) is 4.31. The van der Waals surface area contributed by atoms with Gasteiger partial charge in [0.1, 0.15) is 0 Å². The van der Waals surface area contributed by atoms with Crippen LogP contribution in [0, 0.1) is 0 Å². The van der Waals surface area contributed by atoms with Gasteiger partial charge in [-0.3, -0.25) is 4.79 Å². The lowest BCUT2D eigenvalue weighted by Gasteiger charge is -2.10. The highest BCUT2D eigenvalue weighted by Gasteiger charge is 2.11. The third kappa shape index (κ3) is 4.60. The molecule has 7 heteroatoms. The van der Waals surface area contributed by atoms with Gasteiger partial charge in [0.25, 0.3) is 5.91 Å². The molecule has 17 heavy (non-hydrogen) atoms. The third-order valence-electron chi connectivity index (χ3n) is 1.74. The van der Waals surface area contributed by atoms with Crippen LogP contribution in [0.1, 0.15) is 0 Å². The van der Waals surface area contributed by atoms with Crippen molar-refractivity contribution in [2.75, 3.05) is 19.8 Å². The molecule has 1 rings (SSSR count). The molecule has 0 radical (unpaired) electrons. The van der Waals surface area contributed by atoms with Crippen molar-refractivity contribution in [3.63, 3.8) is 0 Å². The Balaban J connectivity index is 2.60. The number of aliphatic hydroxyl groups excluding tert-OH is 1.